The summed E-state index contributed by atoms with van der Waals surface area (Å²) in [6, 6.07) is 12.4. The number of ketones is 1. The van der Waals surface area contributed by atoms with Gasteiger partial charge < -0.3 is 15.4 Å². The van der Waals surface area contributed by atoms with Gasteiger partial charge >= 0.3 is 12.3 Å². The minimum absolute atomic E-state index is 0.00182. The zero-order valence-electron chi connectivity index (χ0n) is 22.3. The number of hydrogen-bond donors (Lipinski definition) is 2. The highest BCUT2D eigenvalue weighted by Crippen LogP contribution is 2.33. The van der Waals surface area contributed by atoms with Gasteiger partial charge in [0, 0.05) is 24.6 Å². The number of nitrogens with one attached hydrogen (secondary N) is 2. The average molecular weight is 569 g/mol. The molecule has 0 atom stereocenters. The monoisotopic (exact) mass is 568 g/mol. The molecule has 1 fully saturated rings. The summed E-state index contributed by atoms with van der Waals surface area (Å²) in [5.74, 6) is -0.691. The van der Waals surface area contributed by atoms with Gasteiger partial charge in [-0.15, -0.1) is 0 Å². The Labute approximate surface area is 227 Å². The van der Waals surface area contributed by atoms with Crippen LogP contribution >= 0.6 is 0 Å². The molecule has 0 saturated heterocycles. The highest BCUT2D eigenvalue weighted by Gasteiger charge is 2.41. The van der Waals surface area contributed by atoms with E-state index in [1.54, 1.807) is 39.0 Å². The van der Waals surface area contributed by atoms with Gasteiger partial charge in [-0.1, -0.05) is 30.3 Å². The number of carbonyl (C=O) groups is 2. The number of amides is 1. The molecule has 0 aromatic heterocycles. The third-order valence-electron chi connectivity index (χ3n) is 6.57. The number of halogens is 3. The maximum absolute atomic E-state index is 13.2. The Morgan fingerprint density at radius 3 is 2.23 bits per heavy atom. The largest absolute Gasteiger partial charge is 0.444 e. The quantitative estimate of drug-likeness (QED) is 0.385. The minimum Gasteiger partial charge on any atom is -0.444 e. The topological polar surface area (TPSA) is 102 Å². The molecule has 2 aromatic carbocycles. The summed E-state index contributed by atoms with van der Waals surface area (Å²) in [5.41, 5.74) is -2.66. The summed E-state index contributed by atoms with van der Waals surface area (Å²) in [6.45, 7) is 5.43. The van der Waals surface area contributed by atoms with Gasteiger partial charge in [0.1, 0.15) is 5.60 Å². The van der Waals surface area contributed by atoms with Crippen LogP contribution in [0.15, 0.2) is 59.5 Å². The number of alkyl carbamates (subject to hydrolysis) is 1. The van der Waals surface area contributed by atoms with Crippen LogP contribution in [0.25, 0.3) is 0 Å². The van der Waals surface area contributed by atoms with Gasteiger partial charge in [0.05, 0.1) is 21.8 Å². The van der Waals surface area contributed by atoms with Crippen LogP contribution in [0, 0.1) is 0 Å². The number of carbonyl (C=O) groups excluding carboxylic acids is 2. The fourth-order valence-corrected chi connectivity index (χ4v) is 6.50. The molecule has 11 heteroatoms. The number of alkyl halides is 3. The lowest BCUT2D eigenvalue weighted by Crippen LogP contribution is -2.57. The predicted octanol–water partition coefficient (Wildman–Crippen LogP) is 5.55. The normalized spacial score (nSPS) is 20.3. The number of ether oxygens (including phenoxy) is 1. The molecule has 1 aliphatic carbocycles. The molecule has 0 spiro atoms. The van der Waals surface area contributed by atoms with Gasteiger partial charge in [-0.3, -0.25) is 4.79 Å². The van der Waals surface area contributed by atoms with Crippen molar-refractivity contribution in [3.63, 3.8) is 0 Å². The molecule has 1 amide bonds. The maximum atomic E-state index is 13.2. The summed E-state index contributed by atoms with van der Waals surface area (Å²) in [5, 5.41) is 6.09. The van der Waals surface area contributed by atoms with Crippen molar-refractivity contribution in [2.24, 2.45) is 0 Å². The molecule has 0 heterocycles. The van der Waals surface area contributed by atoms with E-state index >= 15 is 0 Å². The van der Waals surface area contributed by atoms with Gasteiger partial charge in [0.2, 0.25) is 0 Å². The third kappa shape index (κ3) is 9.06. The fraction of sp³-hybridized carbons (Fsp3) is 0.500. The lowest BCUT2D eigenvalue weighted by atomic mass is 9.80. The number of benzene rings is 2. The second kappa shape index (κ2) is 12.1. The highest BCUT2D eigenvalue weighted by molar-refractivity contribution is 7.91. The smallest absolute Gasteiger partial charge is 0.416 e. The van der Waals surface area contributed by atoms with Crippen molar-refractivity contribution in [1.29, 1.82) is 0 Å². The van der Waals surface area contributed by atoms with Gasteiger partial charge in [-0.25, -0.2) is 13.2 Å². The highest BCUT2D eigenvalue weighted by atomic mass is 32.2. The lowest BCUT2D eigenvalue weighted by molar-refractivity contribution is -0.137. The SMILES string of the molecule is CC(C)(C)OC(=O)NC1(CS(=O)(=O)c2ccccc2)CCC(NCCC(=O)c2cccc(C(F)(F)F)c2)CC1. The molecule has 0 aliphatic heterocycles. The number of sulfone groups is 1. The van der Waals surface area contributed by atoms with Gasteiger partial charge in [-0.05, 0) is 70.7 Å². The van der Waals surface area contributed by atoms with Crippen molar-refractivity contribution in [3.05, 3.63) is 65.7 Å². The summed E-state index contributed by atoms with van der Waals surface area (Å²) in [4.78, 5) is 25.3. The van der Waals surface area contributed by atoms with Crippen molar-refractivity contribution >= 4 is 21.7 Å². The Morgan fingerprint density at radius 1 is 1.00 bits per heavy atom. The van der Waals surface area contributed by atoms with E-state index in [9.17, 15) is 31.2 Å². The fourth-order valence-electron chi connectivity index (χ4n) is 4.68. The van der Waals surface area contributed by atoms with Crippen LogP contribution in [0.2, 0.25) is 0 Å². The first-order valence-electron chi connectivity index (χ1n) is 12.8. The molecule has 1 aliphatic rings. The van der Waals surface area contributed by atoms with E-state index in [2.05, 4.69) is 10.6 Å². The number of rotatable bonds is 9. The summed E-state index contributed by atoms with van der Waals surface area (Å²) < 4.78 is 70.7. The molecule has 0 bridgehead atoms. The van der Waals surface area contributed by atoms with E-state index in [1.165, 1.54) is 24.3 Å². The lowest BCUT2D eigenvalue weighted by Gasteiger charge is -2.41. The van der Waals surface area contributed by atoms with Crippen LogP contribution in [0.1, 0.15) is 68.8 Å². The van der Waals surface area contributed by atoms with Gasteiger partial charge in [0.25, 0.3) is 0 Å². The van der Waals surface area contributed by atoms with Gasteiger partial charge in [0.15, 0.2) is 15.6 Å². The molecule has 1 saturated carbocycles. The minimum atomic E-state index is -4.52. The van der Waals surface area contributed by atoms with Crippen LogP contribution in [0.5, 0.6) is 0 Å². The molecular formula is C28H35F3N2O5S. The second-order valence-electron chi connectivity index (χ2n) is 11.0. The van der Waals surface area contributed by atoms with Crippen LogP contribution in [-0.4, -0.2) is 49.8 Å². The Bertz CT molecular complexity index is 1250. The molecule has 3 rings (SSSR count). The summed E-state index contributed by atoms with van der Waals surface area (Å²) >= 11 is 0. The van der Waals surface area contributed by atoms with Crippen LogP contribution in [0.4, 0.5) is 18.0 Å². The number of hydrogen-bond acceptors (Lipinski definition) is 6. The van der Waals surface area contributed by atoms with Crippen molar-refractivity contribution in [2.45, 2.75) is 81.1 Å². The number of Topliss-reactive ketones (excluding diaryl/α,β-unsaturated/α-hetero) is 1. The van der Waals surface area contributed by atoms with E-state index in [-0.39, 0.29) is 35.2 Å². The molecule has 214 valence electrons. The van der Waals surface area contributed by atoms with Crippen molar-refractivity contribution < 1.29 is 35.9 Å². The Morgan fingerprint density at radius 2 is 1.64 bits per heavy atom. The molecule has 7 nitrogen and oxygen atoms in total. The third-order valence-corrected chi connectivity index (χ3v) is 8.50. The van der Waals surface area contributed by atoms with Gasteiger partial charge in [-0.2, -0.15) is 13.2 Å². The van der Waals surface area contributed by atoms with Crippen LogP contribution in [-0.2, 0) is 20.8 Å². The molecule has 2 N–H and O–H groups in total. The van der Waals surface area contributed by atoms with E-state index in [4.69, 9.17) is 4.74 Å². The Hall–Kier alpha value is -2.92. The molecule has 2 aromatic rings. The second-order valence-corrected chi connectivity index (χ2v) is 12.9. The first-order chi connectivity index (χ1) is 18.1. The van der Waals surface area contributed by atoms with Crippen molar-refractivity contribution in [1.82, 2.24) is 10.6 Å². The average Bonchev–Trinajstić information content (AvgIpc) is 2.84. The zero-order chi connectivity index (χ0) is 28.9. The molecule has 0 unspecified atom stereocenters. The molecular weight excluding hydrogens is 533 g/mol. The van der Waals surface area contributed by atoms with Crippen molar-refractivity contribution in [3.8, 4) is 0 Å². The van der Waals surface area contributed by atoms with E-state index in [0.717, 1.165) is 12.1 Å². The van der Waals surface area contributed by atoms with Crippen LogP contribution < -0.4 is 10.6 Å². The van der Waals surface area contributed by atoms with E-state index in [1.807, 2.05) is 0 Å². The Kier molecular flexibility index (Phi) is 9.48. The standard InChI is InChI=1S/C28H35F3N2O5S/c1-26(2,3)38-25(35)33-27(19-39(36,37)23-10-5-4-6-11-23)15-12-22(13-16-27)32-17-14-24(34)20-8-7-9-21(18-20)28(29,30)31/h4-11,18,22,32H,12-17,19H2,1-3H3,(H,33,35). The van der Waals surface area contributed by atoms with Crippen molar-refractivity contribution in [2.75, 3.05) is 12.3 Å². The van der Waals surface area contributed by atoms with Crippen LogP contribution in [0.3, 0.4) is 0 Å². The van der Waals surface area contributed by atoms with E-state index < -0.39 is 44.6 Å². The molecule has 0 radical (unpaired) electrons. The summed E-state index contributed by atoms with van der Waals surface area (Å²) in [7, 11) is -3.71. The summed E-state index contributed by atoms with van der Waals surface area (Å²) in [6.07, 6.45) is -3.43. The van der Waals surface area contributed by atoms with E-state index in [0.29, 0.717) is 25.7 Å². The molecule has 39 heavy (non-hydrogen) atoms. The Balaban J connectivity index is 1.62. The maximum Gasteiger partial charge on any atom is 0.416 e. The zero-order valence-corrected chi connectivity index (χ0v) is 23.1. The predicted molar refractivity (Wildman–Crippen MR) is 141 cm³/mol. The first kappa shape index (κ1) is 30.6. The first-order valence-corrected chi connectivity index (χ1v) is 14.5.